The minimum absolute atomic E-state index is 0.00453. The zero-order valence-corrected chi connectivity index (χ0v) is 15.0. The molecule has 0 bridgehead atoms. The van der Waals surface area contributed by atoms with Crippen LogP contribution in [0.1, 0.15) is 68.1 Å². The Morgan fingerprint density at radius 1 is 1.12 bits per heavy atom. The molecule has 2 aliphatic carbocycles. The van der Waals surface area contributed by atoms with Gasteiger partial charge in [-0.2, -0.15) is 0 Å². The standard InChI is InChI=1S/C20H28N2O3/c1-22(18(24)15-8-7-11-17(23)14-15)20(12-5-2-6-13-20)19(25)21-16-9-3-4-10-16/h7-8,11,14,16,23H,2-6,9-10,12-13H2,1H3,(H,21,25). The van der Waals surface area contributed by atoms with Gasteiger partial charge in [0.25, 0.3) is 5.91 Å². The highest BCUT2D eigenvalue weighted by atomic mass is 16.3. The molecule has 25 heavy (non-hydrogen) atoms. The highest BCUT2D eigenvalue weighted by Gasteiger charge is 2.46. The van der Waals surface area contributed by atoms with E-state index in [0.29, 0.717) is 18.4 Å². The van der Waals surface area contributed by atoms with Crippen LogP contribution in [0.3, 0.4) is 0 Å². The smallest absolute Gasteiger partial charge is 0.254 e. The molecule has 2 N–H and O–H groups in total. The van der Waals surface area contributed by atoms with Crippen LogP contribution in [0, 0.1) is 0 Å². The largest absolute Gasteiger partial charge is 0.508 e. The molecule has 0 aliphatic heterocycles. The fourth-order valence-electron chi connectivity index (χ4n) is 4.27. The molecule has 0 aromatic heterocycles. The fraction of sp³-hybridized carbons (Fsp3) is 0.600. The van der Waals surface area contributed by atoms with Crippen LogP contribution >= 0.6 is 0 Å². The fourth-order valence-corrected chi connectivity index (χ4v) is 4.27. The van der Waals surface area contributed by atoms with Gasteiger partial charge >= 0.3 is 0 Å². The molecule has 2 fully saturated rings. The van der Waals surface area contributed by atoms with Crippen molar-refractivity contribution in [1.82, 2.24) is 10.2 Å². The van der Waals surface area contributed by atoms with Crippen LogP contribution in [0.4, 0.5) is 0 Å². The van der Waals surface area contributed by atoms with Crippen LogP contribution in [0.2, 0.25) is 0 Å². The Morgan fingerprint density at radius 3 is 2.44 bits per heavy atom. The number of hydrogen-bond acceptors (Lipinski definition) is 3. The number of benzene rings is 1. The molecular formula is C20H28N2O3. The third kappa shape index (κ3) is 3.65. The highest BCUT2D eigenvalue weighted by molar-refractivity contribution is 5.99. The van der Waals surface area contributed by atoms with Crippen LogP contribution in [0.5, 0.6) is 5.75 Å². The molecule has 0 spiro atoms. The summed E-state index contributed by atoms with van der Waals surface area (Å²) in [5.74, 6) is -0.151. The number of rotatable bonds is 4. The van der Waals surface area contributed by atoms with Gasteiger partial charge < -0.3 is 15.3 Å². The van der Waals surface area contributed by atoms with Crippen molar-refractivity contribution in [3.63, 3.8) is 0 Å². The topological polar surface area (TPSA) is 69.6 Å². The second-order valence-corrected chi connectivity index (χ2v) is 7.46. The molecule has 0 atom stereocenters. The first-order valence-corrected chi connectivity index (χ1v) is 9.41. The number of carbonyl (C=O) groups is 2. The first-order valence-electron chi connectivity index (χ1n) is 9.41. The van der Waals surface area contributed by atoms with Crippen molar-refractivity contribution >= 4 is 11.8 Å². The average Bonchev–Trinajstić information content (AvgIpc) is 3.14. The Hall–Kier alpha value is -2.04. The number of aromatic hydroxyl groups is 1. The molecular weight excluding hydrogens is 316 g/mol. The molecule has 0 radical (unpaired) electrons. The maximum Gasteiger partial charge on any atom is 0.254 e. The molecule has 1 aromatic carbocycles. The summed E-state index contributed by atoms with van der Waals surface area (Å²) >= 11 is 0. The van der Waals surface area contributed by atoms with Crippen molar-refractivity contribution in [2.75, 3.05) is 7.05 Å². The summed E-state index contributed by atoms with van der Waals surface area (Å²) in [4.78, 5) is 27.8. The second-order valence-electron chi connectivity index (χ2n) is 7.46. The molecule has 0 unspecified atom stereocenters. The lowest BCUT2D eigenvalue weighted by molar-refractivity contribution is -0.134. The van der Waals surface area contributed by atoms with Gasteiger partial charge in [-0.05, 0) is 43.9 Å². The normalized spacial score (nSPS) is 20.2. The van der Waals surface area contributed by atoms with Crippen LogP contribution in [0.15, 0.2) is 24.3 Å². The van der Waals surface area contributed by atoms with Crippen molar-refractivity contribution in [1.29, 1.82) is 0 Å². The summed E-state index contributed by atoms with van der Waals surface area (Å²) in [6.07, 6.45) is 8.81. The highest BCUT2D eigenvalue weighted by Crippen LogP contribution is 2.35. The maximum absolute atomic E-state index is 13.2. The zero-order valence-electron chi connectivity index (χ0n) is 15.0. The molecule has 5 heteroatoms. The Labute approximate surface area is 149 Å². The number of nitrogens with one attached hydrogen (secondary N) is 1. The van der Waals surface area contributed by atoms with Crippen LogP contribution in [-0.2, 0) is 4.79 Å². The minimum atomic E-state index is -0.774. The molecule has 1 aromatic rings. The Kier molecular flexibility index (Phi) is 5.30. The number of carbonyl (C=O) groups excluding carboxylic acids is 2. The van der Waals surface area contributed by atoms with Gasteiger partial charge in [0.15, 0.2) is 0 Å². The van der Waals surface area contributed by atoms with Crippen molar-refractivity contribution in [3.8, 4) is 5.75 Å². The lowest BCUT2D eigenvalue weighted by Crippen LogP contribution is -2.61. The van der Waals surface area contributed by atoms with E-state index in [1.807, 2.05) is 0 Å². The lowest BCUT2D eigenvalue weighted by Gasteiger charge is -2.43. The Morgan fingerprint density at radius 2 is 1.80 bits per heavy atom. The summed E-state index contributed by atoms with van der Waals surface area (Å²) in [6, 6.07) is 6.59. The van der Waals surface area contributed by atoms with E-state index < -0.39 is 5.54 Å². The van der Waals surface area contributed by atoms with Crippen molar-refractivity contribution in [2.45, 2.75) is 69.4 Å². The molecule has 2 aliphatic rings. The molecule has 0 saturated heterocycles. The van der Waals surface area contributed by atoms with Gasteiger partial charge in [-0.1, -0.05) is 38.2 Å². The molecule has 0 heterocycles. The van der Waals surface area contributed by atoms with Crippen LogP contribution in [-0.4, -0.2) is 40.4 Å². The summed E-state index contributed by atoms with van der Waals surface area (Å²) in [6.45, 7) is 0. The lowest BCUT2D eigenvalue weighted by atomic mass is 9.79. The van der Waals surface area contributed by atoms with Gasteiger partial charge in [0.2, 0.25) is 5.91 Å². The summed E-state index contributed by atoms with van der Waals surface area (Å²) in [5, 5.41) is 12.9. The van der Waals surface area contributed by atoms with Crippen molar-refractivity contribution < 1.29 is 14.7 Å². The van der Waals surface area contributed by atoms with E-state index >= 15 is 0 Å². The quantitative estimate of drug-likeness (QED) is 0.881. The number of hydrogen-bond donors (Lipinski definition) is 2. The average molecular weight is 344 g/mol. The number of likely N-dealkylation sites (N-methyl/N-ethyl adjacent to an activating group) is 1. The first kappa shape index (κ1) is 17.8. The van der Waals surface area contributed by atoms with Gasteiger partial charge in [-0.25, -0.2) is 0 Å². The van der Waals surface area contributed by atoms with E-state index in [0.717, 1.165) is 44.9 Å². The summed E-state index contributed by atoms with van der Waals surface area (Å²) < 4.78 is 0. The van der Waals surface area contributed by atoms with Gasteiger partial charge in [0.1, 0.15) is 11.3 Å². The third-order valence-electron chi connectivity index (χ3n) is 5.83. The van der Waals surface area contributed by atoms with Gasteiger partial charge in [0, 0.05) is 18.7 Å². The molecule has 2 saturated carbocycles. The van der Waals surface area contributed by atoms with Gasteiger partial charge in [-0.15, -0.1) is 0 Å². The Bertz CT molecular complexity index is 632. The molecule has 3 rings (SSSR count). The molecule has 2 amide bonds. The molecule has 136 valence electrons. The van der Waals surface area contributed by atoms with Crippen LogP contribution in [0.25, 0.3) is 0 Å². The molecule has 5 nitrogen and oxygen atoms in total. The predicted molar refractivity (Wildman–Crippen MR) is 96.4 cm³/mol. The number of nitrogens with zero attached hydrogens (tertiary/aromatic N) is 1. The van der Waals surface area contributed by atoms with Crippen molar-refractivity contribution in [2.24, 2.45) is 0 Å². The van der Waals surface area contributed by atoms with Crippen LogP contribution < -0.4 is 5.32 Å². The summed E-state index contributed by atoms with van der Waals surface area (Å²) in [5.41, 5.74) is -0.357. The predicted octanol–water partition coefficient (Wildman–Crippen LogP) is 3.23. The number of phenolic OH excluding ortho intramolecular Hbond substituents is 1. The van der Waals surface area contributed by atoms with Crippen molar-refractivity contribution in [3.05, 3.63) is 29.8 Å². The van der Waals surface area contributed by atoms with E-state index in [1.165, 1.54) is 6.07 Å². The van der Waals surface area contributed by atoms with E-state index in [1.54, 1.807) is 30.1 Å². The van der Waals surface area contributed by atoms with E-state index in [2.05, 4.69) is 5.32 Å². The van der Waals surface area contributed by atoms with E-state index in [9.17, 15) is 14.7 Å². The van der Waals surface area contributed by atoms with E-state index in [4.69, 9.17) is 0 Å². The first-order chi connectivity index (χ1) is 12.0. The summed E-state index contributed by atoms with van der Waals surface area (Å²) in [7, 11) is 1.73. The van der Waals surface area contributed by atoms with Gasteiger partial charge in [-0.3, -0.25) is 9.59 Å². The van der Waals surface area contributed by atoms with E-state index in [-0.39, 0.29) is 23.6 Å². The maximum atomic E-state index is 13.2. The SMILES string of the molecule is CN(C(=O)c1cccc(O)c1)C1(C(=O)NC2CCCC2)CCCCC1. The second kappa shape index (κ2) is 7.46. The third-order valence-corrected chi connectivity index (χ3v) is 5.83. The zero-order chi connectivity index (χ0) is 17.9. The van der Waals surface area contributed by atoms with Gasteiger partial charge in [0.05, 0.1) is 0 Å². The minimum Gasteiger partial charge on any atom is -0.508 e. The monoisotopic (exact) mass is 344 g/mol. The number of phenols is 1. The Balaban J connectivity index is 1.83. The number of amides is 2.